The van der Waals surface area contributed by atoms with Gasteiger partial charge in [0.05, 0.1) is 14.8 Å². The smallest absolute Gasteiger partial charge is 0.0883 e. The molecule has 0 aromatic carbocycles. The average molecular weight is 192 g/mol. The highest BCUT2D eigenvalue weighted by molar-refractivity contribution is 7.83. The molecule has 0 heterocycles. The Bertz CT molecular complexity index is 96.1. The molecule has 0 aliphatic rings. The summed E-state index contributed by atoms with van der Waals surface area (Å²) in [5.74, 6) is 0. The predicted molar refractivity (Wildman–Crippen MR) is 57.4 cm³/mol. The molecule has 0 aromatic rings. The van der Waals surface area contributed by atoms with Crippen LogP contribution in [0.5, 0.6) is 0 Å². The fourth-order valence-corrected chi connectivity index (χ4v) is 2.02. The Balaban J connectivity index is 3.38. The molecular formula is C8H20OSSi. The monoisotopic (exact) mass is 192 g/mol. The lowest BCUT2D eigenvalue weighted by Crippen LogP contribution is -2.25. The Morgan fingerprint density at radius 2 is 2.00 bits per heavy atom. The first-order valence-electron chi connectivity index (χ1n) is 4.48. The molecule has 0 aliphatic carbocycles. The SMILES string of the molecule is CCCCCC([SiH3])(S)OCC. The van der Waals surface area contributed by atoms with Gasteiger partial charge in [0.25, 0.3) is 0 Å². The maximum Gasteiger partial charge on any atom is 0.0883 e. The van der Waals surface area contributed by atoms with Crippen LogP contribution in [0.3, 0.4) is 0 Å². The van der Waals surface area contributed by atoms with Gasteiger partial charge in [0.1, 0.15) is 0 Å². The molecule has 0 fully saturated rings. The first kappa shape index (κ1) is 11.5. The molecule has 3 heteroatoms. The molecule has 11 heavy (non-hydrogen) atoms. The normalized spacial score (nSPS) is 16.6. The summed E-state index contributed by atoms with van der Waals surface area (Å²) in [5, 5.41) is 0. The van der Waals surface area contributed by atoms with Crippen molar-refractivity contribution in [2.75, 3.05) is 6.61 Å². The van der Waals surface area contributed by atoms with Crippen molar-refractivity contribution in [2.45, 2.75) is 44.1 Å². The van der Waals surface area contributed by atoms with Crippen molar-refractivity contribution in [3.8, 4) is 0 Å². The molecule has 0 N–H and O–H groups in total. The van der Waals surface area contributed by atoms with Crippen LogP contribution in [0.15, 0.2) is 0 Å². The van der Waals surface area contributed by atoms with E-state index in [9.17, 15) is 0 Å². The van der Waals surface area contributed by atoms with Crippen LogP contribution >= 0.6 is 12.6 Å². The van der Waals surface area contributed by atoms with Crippen molar-refractivity contribution < 1.29 is 4.74 Å². The van der Waals surface area contributed by atoms with Gasteiger partial charge in [-0.15, -0.1) is 12.6 Å². The Morgan fingerprint density at radius 1 is 1.36 bits per heavy atom. The van der Waals surface area contributed by atoms with Crippen LogP contribution < -0.4 is 0 Å². The molecule has 0 amide bonds. The van der Waals surface area contributed by atoms with E-state index in [2.05, 4.69) is 19.6 Å². The van der Waals surface area contributed by atoms with E-state index in [-0.39, 0.29) is 4.56 Å². The van der Waals surface area contributed by atoms with Crippen molar-refractivity contribution in [1.82, 2.24) is 0 Å². The molecule has 0 aromatic heterocycles. The number of hydrogen-bond acceptors (Lipinski definition) is 2. The van der Waals surface area contributed by atoms with Crippen LogP contribution in [0.4, 0.5) is 0 Å². The van der Waals surface area contributed by atoms with E-state index in [4.69, 9.17) is 4.74 Å². The van der Waals surface area contributed by atoms with Gasteiger partial charge in [-0.25, -0.2) is 0 Å². The van der Waals surface area contributed by atoms with Crippen LogP contribution in [0.2, 0.25) is 0 Å². The van der Waals surface area contributed by atoms with Gasteiger partial charge in [-0.2, -0.15) is 0 Å². The fraction of sp³-hybridized carbons (Fsp3) is 1.00. The van der Waals surface area contributed by atoms with Gasteiger partial charge < -0.3 is 4.74 Å². The second kappa shape index (κ2) is 6.09. The Hall–Kier alpha value is 0.527. The molecule has 0 saturated carbocycles. The second-order valence-electron chi connectivity index (χ2n) is 3.07. The highest BCUT2D eigenvalue weighted by Crippen LogP contribution is 2.19. The lowest BCUT2D eigenvalue weighted by Gasteiger charge is -2.23. The molecule has 0 bridgehead atoms. The molecule has 0 aliphatic heterocycles. The minimum absolute atomic E-state index is 0.0656. The quantitative estimate of drug-likeness (QED) is 0.291. The average Bonchev–Trinajstić information content (AvgIpc) is 1.87. The summed E-state index contributed by atoms with van der Waals surface area (Å²) in [4.78, 5) is 0. The third-order valence-electron chi connectivity index (χ3n) is 1.70. The molecular weight excluding hydrogens is 172 g/mol. The van der Waals surface area contributed by atoms with Crippen molar-refractivity contribution in [2.24, 2.45) is 0 Å². The lowest BCUT2D eigenvalue weighted by atomic mass is 10.2. The highest BCUT2D eigenvalue weighted by atomic mass is 32.1. The molecule has 0 spiro atoms. The zero-order chi connectivity index (χ0) is 8.74. The minimum atomic E-state index is -0.0656. The number of unbranched alkanes of at least 4 members (excludes halogenated alkanes) is 2. The maximum absolute atomic E-state index is 5.50. The largest absolute Gasteiger partial charge is 0.370 e. The van der Waals surface area contributed by atoms with Gasteiger partial charge in [-0.05, 0) is 13.3 Å². The lowest BCUT2D eigenvalue weighted by molar-refractivity contribution is 0.0878. The highest BCUT2D eigenvalue weighted by Gasteiger charge is 2.16. The molecule has 68 valence electrons. The third kappa shape index (κ3) is 6.91. The van der Waals surface area contributed by atoms with E-state index in [0.29, 0.717) is 0 Å². The van der Waals surface area contributed by atoms with E-state index in [1.807, 2.05) is 6.92 Å². The summed E-state index contributed by atoms with van der Waals surface area (Å²) in [6.07, 6.45) is 4.95. The van der Waals surface area contributed by atoms with E-state index >= 15 is 0 Å². The van der Waals surface area contributed by atoms with Gasteiger partial charge in [0, 0.05) is 6.61 Å². The van der Waals surface area contributed by atoms with Gasteiger partial charge in [0.2, 0.25) is 0 Å². The minimum Gasteiger partial charge on any atom is -0.370 e. The third-order valence-corrected chi connectivity index (χ3v) is 2.84. The zero-order valence-electron chi connectivity index (χ0n) is 7.89. The summed E-state index contributed by atoms with van der Waals surface area (Å²) < 4.78 is 5.44. The van der Waals surface area contributed by atoms with Crippen LogP contribution in [0.1, 0.15) is 39.5 Å². The fourth-order valence-electron chi connectivity index (χ4n) is 1.09. The number of rotatable bonds is 6. The number of hydrogen-bond donors (Lipinski definition) is 1. The summed E-state index contributed by atoms with van der Waals surface area (Å²) in [6.45, 7) is 5.04. The standard InChI is InChI=1S/C8H20OSSi/c1-3-5-6-7-8(10,11)9-4-2/h10H,3-7H2,1-2,11H3. The van der Waals surface area contributed by atoms with Crippen LogP contribution in [0, 0.1) is 0 Å². The van der Waals surface area contributed by atoms with Crippen molar-refractivity contribution in [3.05, 3.63) is 0 Å². The van der Waals surface area contributed by atoms with Crippen molar-refractivity contribution in [3.63, 3.8) is 0 Å². The van der Waals surface area contributed by atoms with Crippen LogP contribution in [-0.4, -0.2) is 21.4 Å². The predicted octanol–water partition coefficient (Wildman–Crippen LogP) is 1.55. The topological polar surface area (TPSA) is 9.23 Å². The summed E-state index contributed by atoms with van der Waals surface area (Å²) in [5.41, 5.74) is 0. The molecule has 1 nitrogen and oxygen atoms in total. The summed E-state index contributed by atoms with van der Waals surface area (Å²) in [7, 11) is 1.02. The Labute approximate surface area is 78.7 Å². The van der Waals surface area contributed by atoms with Crippen LogP contribution in [-0.2, 0) is 4.74 Å². The van der Waals surface area contributed by atoms with Crippen molar-refractivity contribution in [1.29, 1.82) is 0 Å². The van der Waals surface area contributed by atoms with Crippen LogP contribution in [0.25, 0.3) is 0 Å². The van der Waals surface area contributed by atoms with E-state index in [0.717, 1.165) is 23.3 Å². The first-order chi connectivity index (χ1) is 5.12. The molecule has 1 atom stereocenters. The molecule has 1 unspecified atom stereocenters. The van der Waals surface area contributed by atoms with E-state index < -0.39 is 0 Å². The molecule has 0 saturated heterocycles. The summed E-state index contributed by atoms with van der Waals surface area (Å²) >= 11 is 4.48. The van der Waals surface area contributed by atoms with Gasteiger partial charge in [-0.3, -0.25) is 0 Å². The summed E-state index contributed by atoms with van der Waals surface area (Å²) in [6, 6.07) is 0. The number of thiol groups is 1. The molecule has 0 radical (unpaired) electrons. The van der Waals surface area contributed by atoms with Gasteiger partial charge >= 0.3 is 0 Å². The number of ether oxygens (including phenoxy) is 1. The zero-order valence-corrected chi connectivity index (χ0v) is 10.8. The maximum atomic E-state index is 5.50. The second-order valence-corrected chi connectivity index (χ2v) is 6.47. The molecule has 0 rings (SSSR count). The van der Waals surface area contributed by atoms with E-state index in [1.165, 1.54) is 19.3 Å². The van der Waals surface area contributed by atoms with Gasteiger partial charge in [0.15, 0.2) is 0 Å². The van der Waals surface area contributed by atoms with Gasteiger partial charge in [-0.1, -0.05) is 26.2 Å². The van der Waals surface area contributed by atoms with E-state index in [1.54, 1.807) is 0 Å². The Morgan fingerprint density at radius 3 is 2.45 bits per heavy atom. The van der Waals surface area contributed by atoms with Crippen molar-refractivity contribution >= 4 is 22.9 Å². The first-order valence-corrected chi connectivity index (χ1v) is 5.93. The Kier molecular flexibility index (Phi) is 6.38.